The average molecular weight is 584 g/mol. The zero-order valence-corrected chi connectivity index (χ0v) is 23.1. The van der Waals surface area contributed by atoms with Gasteiger partial charge in [-0.15, -0.1) is 0 Å². The van der Waals surface area contributed by atoms with E-state index in [-0.39, 0.29) is 28.8 Å². The molecule has 2 aromatic carbocycles. The van der Waals surface area contributed by atoms with Crippen molar-refractivity contribution in [2.45, 2.75) is 56.3 Å². The van der Waals surface area contributed by atoms with Gasteiger partial charge in [-0.1, -0.05) is 48.2 Å². The first-order valence-corrected chi connectivity index (χ1v) is 14.8. The molecule has 0 radical (unpaired) electrons. The number of nitrogens with one attached hydrogen (secondary N) is 1. The molecular formula is C26H28F3N3O5S2. The fourth-order valence-electron chi connectivity index (χ4n) is 4.37. The molecule has 0 aliphatic carbocycles. The predicted molar refractivity (Wildman–Crippen MR) is 143 cm³/mol. The normalized spacial score (nSPS) is 22.4. The van der Waals surface area contributed by atoms with Gasteiger partial charge >= 0.3 is 12.3 Å². The van der Waals surface area contributed by atoms with E-state index in [1.165, 1.54) is 17.0 Å². The van der Waals surface area contributed by atoms with Gasteiger partial charge in [0, 0.05) is 17.4 Å². The summed E-state index contributed by atoms with van der Waals surface area (Å²) in [7, 11) is -3.43. The summed E-state index contributed by atoms with van der Waals surface area (Å²) in [6.45, 7) is 5.03. The van der Waals surface area contributed by atoms with Crippen LogP contribution >= 0.6 is 11.8 Å². The van der Waals surface area contributed by atoms with E-state index in [0.717, 1.165) is 29.5 Å². The van der Waals surface area contributed by atoms with Crippen molar-refractivity contribution in [1.29, 1.82) is 0 Å². The lowest BCUT2D eigenvalue weighted by molar-refractivity contribution is -0.137. The van der Waals surface area contributed by atoms with Gasteiger partial charge in [-0.05, 0) is 44.5 Å². The first-order chi connectivity index (χ1) is 18.1. The number of alkyl halides is 3. The highest BCUT2D eigenvalue weighted by Crippen LogP contribution is 2.42. The van der Waals surface area contributed by atoms with Crippen molar-refractivity contribution in [3.05, 3.63) is 65.7 Å². The lowest BCUT2D eigenvalue weighted by atomic mass is 10.1. The third-order valence-corrected chi connectivity index (χ3v) is 9.21. The first-order valence-electron chi connectivity index (χ1n) is 12.1. The van der Waals surface area contributed by atoms with E-state index < -0.39 is 56.5 Å². The number of fused-ring (bicyclic) bond motifs is 1. The standard InChI is InChI=1S/C26H28F3N3O5S2/c1-25(2,3)37-24(34)30-19(12-16-8-5-4-6-9-16)22(33)31-23-32(20-14-39(35,36)15-21(20)38-23)18-11-7-10-17(13-18)26(27,28)29/h4-11,13,19-21H,12,14-15H2,1-3H3,(H,30,34)/t19-,20+,21-/m1/s1. The van der Waals surface area contributed by atoms with Crippen LogP contribution in [-0.2, 0) is 32.0 Å². The SMILES string of the molecule is CC(C)(C)OC(=O)N[C@H](Cc1ccccc1)C(=O)N=C1S[C@@H]2CS(=O)(=O)C[C@@H]2N1c1cccc(C(F)(F)F)c1. The summed E-state index contributed by atoms with van der Waals surface area (Å²) in [6.07, 6.45) is -5.35. The number of hydrogen-bond donors (Lipinski definition) is 1. The van der Waals surface area contributed by atoms with Crippen LogP contribution in [0.15, 0.2) is 59.6 Å². The molecule has 0 saturated carbocycles. The number of ether oxygens (including phenoxy) is 1. The summed E-state index contributed by atoms with van der Waals surface area (Å²) in [4.78, 5) is 31.6. The second-order valence-corrected chi connectivity index (χ2v) is 13.7. The minimum absolute atomic E-state index is 0.0770. The molecule has 3 atom stereocenters. The molecule has 8 nitrogen and oxygen atoms in total. The maximum absolute atomic E-state index is 13.5. The van der Waals surface area contributed by atoms with Crippen LogP contribution in [0.2, 0.25) is 0 Å². The Hall–Kier alpha value is -3.06. The number of nitrogens with zero attached hydrogens (tertiary/aromatic N) is 2. The van der Waals surface area contributed by atoms with Crippen molar-refractivity contribution < 1.29 is 35.9 Å². The van der Waals surface area contributed by atoms with Gasteiger partial charge in [-0.2, -0.15) is 18.2 Å². The van der Waals surface area contributed by atoms with Crippen molar-refractivity contribution in [2.75, 3.05) is 16.4 Å². The Kier molecular flexibility index (Phi) is 8.04. The number of aliphatic imine (C=N–C) groups is 1. The van der Waals surface area contributed by atoms with Crippen molar-refractivity contribution in [2.24, 2.45) is 4.99 Å². The molecule has 4 rings (SSSR count). The monoisotopic (exact) mass is 583 g/mol. The third kappa shape index (κ3) is 7.33. The highest BCUT2D eigenvalue weighted by molar-refractivity contribution is 8.16. The molecule has 0 spiro atoms. The quantitative estimate of drug-likeness (QED) is 0.555. The van der Waals surface area contributed by atoms with Crippen LogP contribution in [-0.4, -0.2) is 60.0 Å². The number of alkyl carbamates (subject to hydrolysis) is 1. The highest BCUT2D eigenvalue weighted by atomic mass is 32.2. The number of halogens is 3. The molecule has 2 amide bonds. The van der Waals surface area contributed by atoms with E-state index in [2.05, 4.69) is 10.3 Å². The molecule has 39 heavy (non-hydrogen) atoms. The predicted octanol–water partition coefficient (Wildman–Crippen LogP) is 4.44. The van der Waals surface area contributed by atoms with E-state index in [4.69, 9.17) is 4.74 Å². The fourth-order valence-corrected chi connectivity index (χ4v) is 8.29. The number of carbonyl (C=O) groups excluding carboxylic acids is 2. The van der Waals surface area contributed by atoms with Gasteiger partial charge in [0.15, 0.2) is 15.0 Å². The number of anilines is 1. The molecule has 1 N–H and O–H groups in total. The lowest BCUT2D eigenvalue weighted by Gasteiger charge is -2.26. The summed E-state index contributed by atoms with van der Waals surface area (Å²) in [5.41, 5.74) is -0.911. The Morgan fingerprint density at radius 1 is 1.10 bits per heavy atom. The van der Waals surface area contributed by atoms with Crippen LogP contribution in [0.1, 0.15) is 31.9 Å². The molecule has 2 aliphatic heterocycles. The molecule has 13 heteroatoms. The summed E-state index contributed by atoms with van der Waals surface area (Å²) in [5.74, 6) is -1.21. The molecule has 2 fully saturated rings. The molecule has 2 aromatic rings. The highest BCUT2D eigenvalue weighted by Gasteiger charge is 2.50. The van der Waals surface area contributed by atoms with Crippen LogP contribution in [0.25, 0.3) is 0 Å². The maximum Gasteiger partial charge on any atom is 0.416 e. The Labute approximate surface area is 228 Å². The van der Waals surface area contributed by atoms with Crippen molar-refractivity contribution in [3.8, 4) is 0 Å². The smallest absolute Gasteiger partial charge is 0.416 e. The number of carbonyl (C=O) groups is 2. The van der Waals surface area contributed by atoms with Gasteiger partial charge in [0.2, 0.25) is 0 Å². The minimum Gasteiger partial charge on any atom is -0.444 e. The van der Waals surface area contributed by atoms with Gasteiger partial charge in [0.1, 0.15) is 11.6 Å². The Morgan fingerprint density at radius 2 is 1.79 bits per heavy atom. The van der Waals surface area contributed by atoms with Gasteiger partial charge in [-0.25, -0.2) is 13.2 Å². The maximum atomic E-state index is 13.5. The number of amides is 2. The van der Waals surface area contributed by atoms with E-state index in [9.17, 15) is 31.2 Å². The number of benzene rings is 2. The number of amidine groups is 1. The molecule has 2 aliphatic rings. The number of hydrogen-bond acceptors (Lipinski definition) is 6. The minimum atomic E-state index is -4.62. The summed E-state index contributed by atoms with van der Waals surface area (Å²) < 4.78 is 70.3. The van der Waals surface area contributed by atoms with Crippen LogP contribution in [0, 0.1) is 0 Å². The average Bonchev–Trinajstić information content (AvgIpc) is 3.28. The van der Waals surface area contributed by atoms with Gasteiger partial charge in [-0.3, -0.25) is 4.79 Å². The molecule has 0 aromatic heterocycles. The molecule has 2 saturated heterocycles. The summed E-state index contributed by atoms with van der Waals surface area (Å²) in [5, 5.41) is 2.12. The number of sulfone groups is 1. The Bertz CT molecular complexity index is 1380. The van der Waals surface area contributed by atoms with Gasteiger partial charge < -0.3 is 15.0 Å². The fraction of sp³-hybridized carbons (Fsp3) is 0.423. The lowest BCUT2D eigenvalue weighted by Crippen LogP contribution is -2.45. The van der Waals surface area contributed by atoms with Crippen LogP contribution in [0.4, 0.5) is 23.7 Å². The van der Waals surface area contributed by atoms with E-state index in [1.807, 2.05) is 0 Å². The zero-order chi connectivity index (χ0) is 28.6. The van der Waals surface area contributed by atoms with Gasteiger partial charge in [0.25, 0.3) is 5.91 Å². The van der Waals surface area contributed by atoms with Crippen LogP contribution in [0.5, 0.6) is 0 Å². The third-order valence-electron chi connectivity index (χ3n) is 6.00. The summed E-state index contributed by atoms with van der Waals surface area (Å²) >= 11 is 1.03. The molecule has 210 valence electrons. The molecular weight excluding hydrogens is 555 g/mol. The van der Waals surface area contributed by atoms with E-state index in [0.29, 0.717) is 0 Å². The topological polar surface area (TPSA) is 105 Å². The second-order valence-electron chi connectivity index (χ2n) is 10.3. The van der Waals surface area contributed by atoms with Crippen LogP contribution < -0.4 is 10.2 Å². The van der Waals surface area contributed by atoms with Crippen molar-refractivity contribution in [3.63, 3.8) is 0 Å². The van der Waals surface area contributed by atoms with Crippen LogP contribution in [0.3, 0.4) is 0 Å². The molecule has 0 unspecified atom stereocenters. The molecule has 0 bridgehead atoms. The zero-order valence-electron chi connectivity index (χ0n) is 21.4. The number of rotatable bonds is 5. The molecule has 2 heterocycles. The largest absolute Gasteiger partial charge is 0.444 e. The van der Waals surface area contributed by atoms with Crippen molar-refractivity contribution >= 4 is 44.5 Å². The van der Waals surface area contributed by atoms with Crippen molar-refractivity contribution in [1.82, 2.24) is 5.32 Å². The van der Waals surface area contributed by atoms with Gasteiger partial charge in [0.05, 0.1) is 23.1 Å². The Balaban J connectivity index is 1.69. The van der Waals surface area contributed by atoms with E-state index in [1.54, 1.807) is 51.1 Å². The summed E-state index contributed by atoms with van der Waals surface area (Å²) in [6, 6.07) is 11.6. The van der Waals surface area contributed by atoms with E-state index >= 15 is 0 Å². The second kappa shape index (κ2) is 10.8. The Morgan fingerprint density at radius 3 is 2.44 bits per heavy atom. The number of thioether (sulfide) groups is 1. The first kappa shape index (κ1) is 28.9.